The molecule has 0 spiro atoms. The van der Waals surface area contributed by atoms with Crippen molar-refractivity contribution in [2.75, 3.05) is 50.8 Å². The van der Waals surface area contributed by atoms with Crippen LogP contribution in [0.1, 0.15) is 30.1 Å². The molecule has 2 amide bonds. The Labute approximate surface area is 198 Å². The number of benzene rings is 2. The zero-order chi connectivity index (χ0) is 24.3. The number of amides is 2. The second-order valence-electron chi connectivity index (χ2n) is 7.89. The molecule has 0 unspecified atom stereocenters. The van der Waals surface area contributed by atoms with Crippen LogP contribution in [0.4, 0.5) is 10.1 Å². The van der Waals surface area contributed by atoms with Gasteiger partial charge in [0.15, 0.2) is 6.61 Å². The number of hydrogen-bond donors (Lipinski definition) is 1. The van der Waals surface area contributed by atoms with Crippen molar-refractivity contribution in [2.45, 2.75) is 19.8 Å². The number of hydrogen-bond acceptors (Lipinski definition) is 6. The molecule has 0 radical (unpaired) electrons. The molecule has 2 aromatic carbocycles. The van der Waals surface area contributed by atoms with Crippen LogP contribution in [-0.2, 0) is 14.3 Å². The highest BCUT2D eigenvalue weighted by Crippen LogP contribution is 2.20. The first-order valence-electron chi connectivity index (χ1n) is 11.4. The third-order valence-corrected chi connectivity index (χ3v) is 5.46. The van der Waals surface area contributed by atoms with Crippen LogP contribution in [0.15, 0.2) is 48.5 Å². The number of ether oxygens (including phenoxy) is 2. The molecule has 9 heteroatoms. The van der Waals surface area contributed by atoms with Crippen LogP contribution in [0, 0.1) is 5.82 Å². The number of carbonyl (C=O) groups excluding carboxylic acids is 3. The molecule has 0 bridgehead atoms. The van der Waals surface area contributed by atoms with Gasteiger partial charge in [-0.25, -0.2) is 4.39 Å². The SMILES string of the molecule is CCCCOc1ccc(C(=O)NCC(=O)OCC(=O)N2CCN(c3ccccc3F)CC2)cc1. The number of piperazine rings is 1. The molecular weight excluding hydrogens is 441 g/mol. The monoisotopic (exact) mass is 471 g/mol. The topological polar surface area (TPSA) is 88.2 Å². The molecule has 1 heterocycles. The smallest absolute Gasteiger partial charge is 0.325 e. The fourth-order valence-electron chi connectivity index (χ4n) is 3.48. The molecule has 1 fully saturated rings. The van der Waals surface area contributed by atoms with E-state index >= 15 is 0 Å². The summed E-state index contributed by atoms with van der Waals surface area (Å²) in [4.78, 5) is 40.0. The minimum Gasteiger partial charge on any atom is -0.494 e. The highest BCUT2D eigenvalue weighted by atomic mass is 19.1. The number of nitrogens with one attached hydrogen (secondary N) is 1. The van der Waals surface area contributed by atoms with Gasteiger partial charge in [0.1, 0.15) is 18.1 Å². The van der Waals surface area contributed by atoms with Crippen LogP contribution in [0.2, 0.25) is 0 Å². The molecule has 0 aliphatic carbocycles. The van der Waals surface area contributed by atoms with Crippen molar-refractivity contribution in [3.8, 4) is 5.75 Å². The maximum atomic E-state index is 13.9. The number of unbranched alkanes of at least 4 members (excludes halogenated alkanes) is 1. The third-order valence-electron chi connectivity index (χ3n) is 5.46. The number of para-hydroxylation sites is 1. The summed E-state index contributed by atoms with van der Waals surface area (Å²) in [6, 6.07) is 13.2. The first-order valence-corrected chi connectivity index (χ1v) is 11.4. The quantitative estimate of drug-likeness (QED) is 0.423. The molecule has 2 aromatic rings. The van der Waals surface area contributed by atoms with E-state index in [2.05, 4.69) is 12.2 Å². The van der Waals surface area contributed by atoms with E-state index in [1.54, 1.807) is 47.4 Å². The molecule has 8 nitrogen and oxygen atoms in total. The van der Waals surface area contributed by atoms with Crippen LogP contribution >= 0.6 is 0 Å². The highest BCUT2D eigenvalue weighted by molar-refractivity contribution is 5.96. The van der Waals surface area contributed by atoms with Crippen molar-refractivity contribution in [3.63, 3.8) is 0 Å². The Morgan fingerprint density at radius 1 is 1.00 bits per heavy atom. The molecule has 182 valence electrons. The summed E-state index contributed by atoms with van der Waals surface area (Å²) in [6.45, 7) is 3.72. The van der Waals surface area contributed by atoms with Crippen molar-refractivity contribution >= 4 is 23.5 Å². The maximum absolute atomic E-state index is 13.9. The summed E-state index contributed by atoms with van der Waals surface area (Å²) in [5.41, 5.74) is 0.898. The van der Waals surface area contributed by atoms with Gasteiger partial charge in [-0.3, -0.25) is 14.4 Å². The fraction of sp³-hybridized carbons (Fsp3) is 0.400. The molecule has 0 saturated carbocycles. The molecule has 1 N–H and O–H groups in total. The predicted octanol–water partition coefficient (Wildman–Crippen LogP) is 2.63. The molecule has 1 saturated heterocycles. The fourth-order valence-corrected chi connectivity index (χ4v) is 3.48. The number of carbonyl (C=O) groups is 3. The summed E-state index contributed by atoms with van der Waals surface area (Å²) in [5, 5.41) is 2.48. The van der Waals surface area contributed by atoms with E-state index in [0.29, 0.717) is 49.8 Å². The molecule has 34 heavy (non-hydrogen) atoms. The lowest BCUT2D eigenvalue weighted by molar-refractivity contribution is -0.151. The van der Waals surface area contributed by atoms with Gasteiger partial charge in [-0.1, -0.05) is 25.5 Å². The first-order chi connectivity index (χ1) is 16.5. The number of halogens is 1. The average Bonchev–Trinajstić information content (AvgIpc) is 2.87. The number of esters is 1. The summed E-state index contributed by atoms with van der Waals surface area (Å²) in [6.07, 6.45) is 1.99. The molecule has 1 aliphatic heterocycles. The molecule has 0 aromatic heterocycles. The average molecular weight is 472 g/mol. The lowest BCUT2D eigenvalue weighted by atomic mass is 10.2. The molecular formula is C25H30FN3O5. The Bertz CT molecular complexity index is 975. The predicted molar refractivity (Wildman–Crippen MR) is 125 cm³/mol. The summed E-state index contributed by atoms with van der Waals surface area (Å²) < 4.78 is 24.5. The van der Waals surface area contributed by atoms with E-state index in [0.717, 1.165) is 12.8 Å². The van der Waals surface area contributed by atoms with Crippen molar-refractivity contribution in [3.05, 3.63) is 59.9 Å². The zero-order valence-electron chi connectivity index (χ0n) is 19.3. The molecule has 3 rings (SSSR count). The Kier molecular flexibility index (Phi) is 9.25. The van der Waals surface area contributed by atoms with Crippen LogP contribution in [0.5, 0.6) is 5.75 Å². The Morgan fingerprint density at radius 3 is 2.38 bits per heavy atom. The van der Waals surface area contributed by atoms with Crippen molar-refractivity contribution in [2.24, 2.45) is 0 Å². The lowest BCUT2D eigenvalue weighted by Gasteiger charge is -2.36. The summed E-state index contributed by atoms with van der Waals surface area (Å²) >= 11 is 0. The zero-order valence-corrected chi connectivity index (χ0v) is 19.3. The van der Waals surface area contributed by atoms with E-state index in [4.69, 9.17) is 9.47 Å². The van der Waals surface area contributed by atoms with Crippen molar-refractivity contribution in [1.29, 1.82) is 0 Å². The minimum atomic E-state index is -0.703. The van der Waals surface area contributed by atoms with Gasteiger partial charge in [0.05, 0.1) is 12.3 Å². The highest BCUT2D eigenvalue weighted by Gasteiger charge is 2.23. The Balaban J connectivity index is 1.35. The normalized spacial score (nSPS) is 13.4. The van der Waals surface area contributed by atoms with Gasteiger partial charge in [-0.2, -0.15) is 0 Å². The Morgan fingerprint density at radius 2 is 1.71 bits per heavy atom. The minimum absolute atomic E-state index is 0.297. The van der Waals surface area contributed by atoms with E-state index in [9.17, 15) is 18.8 Å². The van der Waals surface area contributed by atoms with Gasteiger partial charge in [-0.05, 0) is 42.8 Å². The second-order valence-corrected chi connectivity index (χ2v) is 7.89. The van der Waals surface area contributed by atoms with Gasteiger partial charge < -0.3 is 24.6 Å². The number of rotatable bonds is 10. The van der Waals surface area contributed by atoms with E-state index in [1.165, 1.54) is 6.07 Å². The molecule has 1 aliphatic rings. The van der Waals surface area contributed by atoms with Gasteiger partial charge in [0.25, 0.3) is 11.8 Å². The number of anilines is 1. The van der Waals surface area contributed by atoms with Crippen LogP contribution in [-0.4, -0.2) is 68.6 Å². The lowest BCUT2D eigenvalue weighted by Crippen LogP contribution is -2.50. The number of nitrogens with zero attached hydrogens (tertiary/aromatic N) is 2. The van der Waals surface area contributed by atoms with E-state index < -0.39 is 18.5 Å². The van der Waals surface area contributed by atoms with Crippen LogP contribution in [0.3, 0.4) is 0 Å². The van der Waals surface area contributed by atoms with Gasteiger partial charge in [-0.15, -0.1) is 0 Å². The second kappa shape index (κ2) is 12.6. The maximum Gasteiger partial charge on any atom is 0.325 e. The van der Waals surface area contributed by atoms with Gasteiger partial charge in [0, 0.05) is 31.7 Å². The van der Waals surface area contributed by atoms with Crippen molar-refractivity contribution < 1.29 is 28.2 Å². The summed E-state index contributed by atoms with van der Waals surface area (Å²) in [7, 11) is 0. The standard InChI is InChI=1S/C25H30FN3O5/c1-2-3-16-33-20-10-8-19(9-11-20)25(32)27-17-24(31)34-18-23(30)29-14-12-28(13-15-29)22-7-5-4-6-21(22)26/h4-11H,2-3,12-18H2,1H3,(H,27,32). The Hall–Kier alpha value is -3.62. The van der Waals surface area contributed by atoms with Crippen LogP contribution < -0.4 is 15.0 Å². The van der Waals surface area contributed by atoms with Gasteiger partial charge >= 0.3 is 5.97 Å². The largest absolute Gasteiger partial charge is 0.494 e. The molecule has 0 atom stereocenters. The summed E-state index contributed by atoms with van der Waals surface area (Å²) in [5.74, 6) is -1.07. The van der Waals surface area contributed by atoms with E-state index in [1.807, 2.05) is 4.90 Å². The third kappa shape index (κ3) is 7.19. The van der Waals surface area contributed by atoms with E-state index in [-0.39, 0.29) is 18.3 Å². The first kappa shape index (κ1) is 25.0. The van der Waals surface area contributed by atoms with Crippen LogP contribution in [0.25, 0.3) is 0 Å². The van der Waals surface area contributed by atoms with Gasteiger partial charge in [0.2, 0.25) is 0 Å². The van der Waals surface area contributed by atoms with Crippen molar-refractivity contribution in [1.82, 2.24) is 10.2 Å².